The molecule has 0 amide bonds. The average molecular weight is 252 g/mol. The molecule has 0 heterocycles. The summed E-state index contributed by atoms with van der Waals surface area (Å²) >= 11 is 1.71. The third-order valence-corrected chi connectivity index (χ3v) is 3.41. The second-order valence-electron chi connectivity index (χ2n) is 4.02. The lowest BCUT2D eigenvalue weighted by atomic mass is 10.3. The highest BCUT2D eigenvalue weighted by molar-refractivity contribution is 8.00. The van der Waals surface area contributed by atoms with Crippen LogP contribution < -0.4 is 0 Å². The first-order valence-corrected chi connectivity index (χ1v) is 6.97. The summed E-state index contributed by atoms with van der Waals surface area (Å²) < 4.78 is 5.14. The Morgan fingerprint density at radius 2 is 2.06 bits per heavy atom. The van der Waals surface area contributed by atoms with Crippen LogP contribution in [0.4, 0.5) is 0 Å². The second-order valence-corrected chi connectivity index (χ2v) is 5.53. The molecule has 0 fully saturated rings. The molecular weight excluding hydrogens is 232 g/mol. The molecule has 0 radical (unpaired) electrons. The minimum absolute atomic E-state index is 0.0885. The van der Waals surface area contributed by atoms with Gasteiger partial charge < -0.3 is 4.74 Å². The molecule has 1 atom stereocenters. The van der Waals surface area contributed by atoms with Crippen molar-refractivity contribution in [2.75, 3.05) is 6.61 Å². The highest BCUT2D eigenvalue weighted by Crippen LogP contribution is 2.24. The third kappa shape index (κ3) is 6.37. The maximum absolute atomic E-state index is 11.5. The Balaban J connectivity index is 2.25. The molecule has 1 aromatic carbocycles. The second kappa shape index (κ2) is 8.18. The van der Waals surface area contributed by atoms with Gasteiger partial charge in [0, 0.05) is 10.1 Å². The molecule has 17 heavy (non-hydrogen) atoms. The lowest BCUT2D eigenvalue weighted by molar-refractivity contribution is -0.143. The molecule has 0 aliphatic rings. The lowest BCUT2D eigenvalue weighted by Crippen LogP contribution is -2.11. The van der Waals surface area contributed by atoms with E-state index in [1.807, 2.05) is 18.2 Å². The van der Waals surface area contributed by atoms with Crippen LogP contribution in [0.5, 0.6) is 0 Å². The lowest BCUT2D eigenvalue weighted by Gasteiger charge is -2.10. The van der Waals surface area contributed by atoms with E-state index >= 15 is 0 Å². The average Bonchev–Trinajstić information content (AvgIpc) is 2.30. The van der Waals surface area contributed by atoms with E-state index < -0.39 is 0 Å². The summed E-state index contributed by atoms with van der Waals surface area (Å²) in [7, 11) is 0. The molecule has 0 aliphatic heterocycles. The van der Waals surface area contributed by atoms with Crippen molar-refractivity contribution in [1.82, 2.24) is 0 Å². The Morgan fingerprint density at radius 1 is 1.35 bits per heavy atom. The minimum atomic E-state index is -0.0885. The number of ether oxygens (including phenoxy) is 1. The quantitative estimate of drug-likeness (QED) is 0.418. The molecule has 3 heteroatoms. The summed E-state index contributed by atoms with van der Waals surface area (Å²) in [6, 6.07) is 10.1. The van der Waals surface area contributed by atoms with Crippen LogP contribution in [-0.4, -0.2) is 17.8 Å². The van der Waals surface area contributed by atoms with Crippen molar-refractivity contribution in [3.63, 3.8) is 0 Å². The summed E-state index contributed by atoms with van der Waals surface area (Å²) in [5, 5.41) is 0.256. The first kappa shape index (κ1) is 14.1. The zero-order chi connectivity index (χ0) is 12.5. The van der Waals surface area contributed by atoms with Crippen LogP contribution in [-0.2, 0) is 9.53 Å². The number of rotatable bonds is 7. The van der Waals surface area contributed by atoms with Crippen molar-refractivity contribution in [2.24, 2.45) is 0 Å². The van der Waals surface area contributed by atoms with Crippen molar-refractivity contribution in [3.8, 4) is 0 Å². The molecule has 1 rings (SSSR count). The predicted molar refractivity (Wildman–Crippen MR) is 72.2 cm³/mol. The van der Waals surface area contributed by atoms with Crippen LogP contribution in [0.15, 0.2) is 35.2 Å². The van der Waals surface area contributed by atoms with Crippen molar-refractivity contribution < 1.29 is 9.53 Å². The predicted octanol–water partition coefficient (Wildman–Crippen LogP) is 3.90. The zero-order valence-electron chi connectivity index (χ0n) is 10.5. The van der Waals surface area contributed by atoms with Gasteiger partial charge in [-0.3, -0.25) is 4.79 Å². The van der Waals surface area contributed by atoms with Crippen LogP contribution in [0.1, 0.15) is 33.1 Å². The minimum Gasteiger partial charge on any atom is -0.466 e. The van der Waals surface area contributed by atoms with Crippen molar-refractivity contribution in [3.05, 3.63) is 30.3 Å². The molecule has 1 unspecified atom stereocenters. The van der Waals surface area contributed by atoms with Crippen LogP contribution in [0, 0.1) is 0 Å². The van der Waals surface area contributed by atoms with Gasteiger partial charge in [-0.2, -0.15) is 0 Å². The largest absolute Gasteiger partial charge is 0.466 e. The molecule has 0 saturated carbocycles. The summed E-state index contributed by atoms with van der Waals surface area (Å²) in [6.45, 7) is 4.69. The van der Waals surface area contributed by atoms with E-state index in [9.17, 15) is 4.79 Å². The molecule has 94 valence electrons. The smallest absolute Gasteiger partial charge is 0.306 e. The molecule has 1 aromatic rings. The van der Waals surface area contributed by atoms with Crippen LogP contribution in [0.25, 0.3) is 0 Å². The van der Waals surface area contributed by atoms with Gasteiger partial charge in [0.1, 0.15) is 0 Å². The maximum Gasteiger partial charge on any atom is 0.306 e. The number of carbonyl (C=O) groups excluding carboxylic acids is 1. The molecule has 0 aromatic heterocycles. The molecule has 0 bridgehead atoms. The van der Waals surface area contributed by atoms with E-state index in [1.165, 1.54) is 4.90 Å². The standard InChI is InChI=1S/C14H20O2S/c1-3-4-10-16-14(15)11-12(2)17-13-8-6-5-7-9-13/h5-9,12H,3-4,10-11H2,1-2H3. The highest BCUT2D eigenvalue weighted by Gasteiger charge is 2.11. The first-order chi connectivity index (χ1) is 8.22. The van der Waals surface area contributed by atoms with Crippen molar-refractivity contribution in [1.29, 1.82) is 0 Å². The van der Waals surface area contributed by atoms with E-state index in [0.29, 0.717) is 13.0 Å². The van der Waals surface area contributed by atoms with Gasteiger partial charge in [-0.15, -0.1) is 11.8 Å². The molecule has 2 nitrogen and oxygen atoms in total. The van der Waals surface area contributed by atoms with E-state index in [1.54, 1.807) is 11.8 Å². The number of hydrogen-bond donors (Lipinski definition) is 0. The Labute approximate surface area is 108 Å². The van der Waals surface area contributed by atoms with Gasteiger partial charge in [0.05, 0.1) is 13.0 Å². The Kier molecular flexibility index (Phi) is 6.78. The SMILES string of the molecule is CCCCOC(=O)CC(C)Sc1ccccc1. The van der Waals surface area contributed by atoms with E-state index in [4.69, 9.17) is 4.74 Å². The zero-order valence-corrected chi connectivity index (χ0v) is 11.3. The number of esters is 1. The van der Waals surface area contributed by atoms with E-state index in [0.717, 1.165) is 12.8 Å². The number of benzene rings is 1. The summed E-state index contributed by atoms with van der Waals surface area (Å²) in [5.74, 6) is -0.0885. The van der Waals surface area contributed by atoms with Gasteiger partial charge in [-0.1, -0.05) is 38.5 Å². The highest BCUT2D eigenvalue weighted by atomic mass is 32.2. The maximum atomic E-state index is 11.5. The van der Waals surface area contributed by atoms with Gasteiger partial charge in [0.25, 0.3) is 0 Å². The molecule has 0 saturated heterocycles. The van der Waals surface area contributed by atoms with Gasteiger partial charge in [0.2, 0.25) is 0 Å². The van der Waals surface area contributed by atoms with Crippen molar-refractivity contribution in [2.45, 2.75) is 43.3 Å². The summed E-state index contributed by atoms with van der Waals surface area (Å²) in [6.07, 6.45) is 2.48. The van der Waals surface area contributed by atoms with Gasteiger partial charge in [0.15, 0.2) is 0 Å². The topological polar surface area (TPSA) is 26.3 Å². The van der Waals surface area contributed by atoms with Crippen LogP contribution in [0.3, 0.4) is 0 Å². The Hall–Kier alpha value is -0.960. The molecule has 0 aliphatic carbocycles. The molecule has 0 spiro atoms. The van der Waals surface area contributed by atoms with E-state index in [-0.39, 0.29) is 11.2 Å². The van der Waals surface area contributed by atoms with Gasteiger partial charge in [-0.25, -0.2) is 0 Å². The van der Waals surface area contributed by atoms with E-state index in [2.05, 4.69) is 26.0 Å². The van der Waals surface area contributed by atoms with Gasteiger partial charge in [-0.05, 0) is 18.6 Å². The fraction of sp³-hybridized carbons (Fsp3) is 0.500. The van der Waals surface area contributed by atoms with Crippen molar-refractivity contribution >= 4 is 17.7 Å². The molecule has 0 N–H and O–H groups in total. The fourth-order valence-electron chi connectivity index (χ4n) is 1.40. The summed E-state index contributed by atoms with van der Waals surface area (Å²) in [4.78, 5) is 12.7. The number of unbranched alkanes of at least 4 members (excludes halogenated alkanes) is 1. The Morgan fingerprint density at radius 3 is 2.71 bits per heavy atom. The monoisotopic (exact) mass is 252 g/mol. The molecular formula is C14H20O2S. The number of carbonyl (C=O) groups is 1. The normalized spacial score (nSPS) is 12.1. The number of thioether (sulfide) groups is 1. The number of hydrogen-bond acceptors (Lipinski definition) is 3. The van der Waals surface area contributed by atoms with Crippen LogP contribution in [0.2, 0.25) is 0 Å². The third-order valence-electron chi connectivity index (χ3n) is 2.30. The van der Waals surface area contributed by atoms with Gasteiger partial charge >= 0.3 is 5.97 Å². The summed E-state index contributed by atoms with van der Waals surface area (Å²) in [5.41, 5.74) is 0. The fourth-order valence-corrected chi connectivity index (χ4v) is 2.40. The first-order valence-electron chi connectivity index (χ1n) is 6.09. The Bertz CT molecular complexity index is 324. The van der Waals surface area contributed by atoms with Crippen LogP contribution >= 0.6 is 11.8 Å².